The Labute approximate surface area is 224 Å². The molecule has 196 valence electrons. The molecule has 0 N–H and O–H groups in total. The van der Waals surface area contributed by atoms with Crippen LogP contribution >= 0.6 is 0 Å². The lowest BCUT2D eigenvalue weighted by Gasteiger charge is -2.31. The monoisotopic (exact) mass is 524 g/mol. The standard InChI is InChI=1S/C31H24O8/c1-22(27(32)36-23-14-6-2-7-15-23)31(28(33)37-24-16-8-3-9-17-24,29(34)38-25-18-10-4-11-19-25)30(35)39-26-20-12-5-13-21-26/h2-22H,1H3. The third-order valence-electron chi connectivity index (χ3n) is 5.79. The second kappa shape index (κ2) is 12.3. The lowest BCUT2D eigenvalue weighted by Crippen LogP contribution is -2.58. The van der Waals surface area contributed by atoms with Crippen molar-refractivity contribution in [3.8, 4) is 23.0 Å². The minimum Gasteiger partial charge on any atom is -0.426 e. The van der Waals surface area contributed by atoms with Gasteiger partial charge in [0.2, 0.25) is 0 Å². The molecule has 0 saturated carbocycles. The van der Waals surface area contributed by atoms with Gasteiger partial charge in [-0.15, -0.1) is 0 Å². The Morgan fingerprint density at radius 3 is 1.00 bits per heavy atom. The first-order valence-corrected chi connectivity index (χ1v) is 12.0. The molecule has 4 rings (SSSR count). The van der Waals surface area contributed by atoms with Crippen LogP contribution < -0.4 is 18.9 Å². The summed E-state index contributed by atoms with van der Waals surface area (Å²) in [6, 6.07) is 31.4. The Morgan fingerprint density at radius 2 is 0.718 bits per heavy atom. The zero-order valence-electron chi connectivity index (χ0n) is 20.9. The van der Waals surface area contributed by atoms with Crippen molar-refractivity contribution < 1.29 is 38.1 Å². The summed E-state index contributed by atoms with van der Waals surface area (Å²) >= 11 is 0. The third kappa shape index (κ3) is 6.19. The zero-order valence-corrected chi connectivity index (χ0v) is 20.9. The van der Waals surface area contributed by atoms with Gasteiger partial charge in [-0.3, -0.25) is 4.79 Å². The third-order valence-corrected chi connectivity index (χ3v) is 5.79. The molecule has 8 heteroatoms. The second-order valence-electron chi connectivity index (χ2n) is 8.37. The number of rotatable bonds is 9. The van der Waals surface area contributed by atoms with E-state index < -0.39 is 35.2 Å². The van der Waals surface area contributed by atoms with Crippen LogP contribution in [-0.4, -0.2) is 23.9 Å². The number of hydrogen-bond donors (Lipinski definition) is 0. The van der Waals surface area contributed by atoms with Crippen molar-refractivity contribution in [2.24, 2.45) is 11.3 Å². The van der Waals surface area contributed by atoms with Crippen LogP contribution in [-0.2, 0) is 19.2 Å². The molecular weight excluding hydrogens is 500 g/mol. The molecule has 1 unspecified atom stereocenters. The van der Waals surface area contributed by atoms with Crippen molar-refractivity contribution in [3.63, 3.8) is 0 Å². The normalized spacial score (nSPS) is 11.5. The van der Waals surface area contributed by atoms with E-state index in [0.29, 0.717) is 0 Å². The second-order valence-corrected chi connectivity index (χ2v) is 8.37. The fraction of sp³-hybridized carbons (Fsp3) is 0.0968. The van der Waals surface area contributed by atoms with Gasteiger partial charge in [-0.2, -0.15) is 0 Å². The van der Waals surface area contributed by atoms with Gasteiger partial charge < -0.3 is 18.9 Å². The SMILES string of the molecule is CC(C(=O)Oc1ccccc1)C(C(=O)Oc1ccccc1)(C(=O)Oc1ccccc1)C(=O)Oc1ccccc1. The fourth-order valence-corrected chi connectivity index (χ4v) is 3.68. The first-order valence-electron chi connectivity index (χ1n) is 12.0. The van der Waals surface area contributed by atoms with Gasteiger partial charge >= 0.3 is 23.9 Å². The largest absolute Gasteiger partial charge is 0.426 e. The zero-order chi connectivity index (χ0) is 27.7. The molecule has 0 aliphatic carbocycles. The lowest BCUT2D eigenvalue weighted by atomic mass is 9.75. The fourth-order valence-electron chi connectivity index (χ4n) is 3.68. The average molecular weight is 525 g/mol. The summed E-state index contributed by atoms with van der Waals surface area (Å²) in [5.74, 6) is -6.63. The molecule has 0 radical (unpaired) electrons. The molecule has 8 nitrogen and oxygen atoms in total. The summed E-state index contributed by atoms with van der Waals surface area (Å²) in [5, 5.41) is 0. The van der Waals surface area contributed by atoms with Crippen molar-refractivity contribution in [3.05, 3.63) is 121 Å². The van der Waals surface area contributed by atoms with Gasteiger partial charge in [0.1, 0.15) is 23.0 Å². The van der Waals surface area contributed by atoms with E-state index in [0.717, 1.165) is 0 Å². The van der Waals surface area contributed by atoms with Crippen LogP contribution in [0.4, 0.5) is 0 Å². The number of carbonyl (C=O) groups is 4. The first-order chi connectivity index (χ1) is 18.9. The summed E-state index contributed by atoms with van der Waals surface area (Å²) in [6.45, 7) is 1.20. The maximum Gasteiger partial charge on any atom is 0.341 e. The first kappa shape index (κ1) is 26.8. The van der Waals surface area contributed by atoms with E-state index in [2.05, 4.69) is 0 Å². The van der Waals surface area contributed by atoms with Crippen LogP contribution in [0.1, 0.15) is 6.92 Å². The number of hydrogen-bond acceptors (Lipinski definition) is 8. The van der Waals surface area contributed by atoms with Crippen LogP contribution in [0.15, 0.2) is 121 Å². The summed E-state index contributed by atoms with van der Waals surface area (Å²) in [7, 11) is 0. The Bertz CT molecular complexity index is 1290. The van der Waals surface area contributed by atoms with Gasteiger partial charge in [0.15, 0.2) is 0 Å². The molecule has 0 saturated heterocycles. The minimum absolute atomic E-state index is 0.0375. The van der Waals surface area contributed by atoms with Crippen LogP contribution in [0.3, 0.4) is 0 Å². The smallest absolute Gasteiger partial charge is 0.341 e. The molecule has 39 heavy (non-hydrogen) atoms. The minimum atomic E-state index is -2.91. The predicted octanol–water partition coefficient (Wildman–Crippen LogP) is 5.03. The molecule has 0 fully saturated rings. The summed E-state index contributed by atoms with van der Waals surface area (Å²) in [5.41, 5.74) is -2.91. The molecule has 0 aliphatic rings. The highest BCUT2D eigenvalue weighted by Gasteiger charge is 2.65. The van der Waals surface area contributed by atoms with Crippen LogP contribution in [0, 0.1) is 11.3 Å². The van der Waals surface area contributed by atoms with Gasteiger partial charge in [-0.1, -0.05) is 72.8 Å². The Kier molecular flexibility index (Phi) is 8.48. The van der Waals surface area contributed by atoms with E-state index in [9.17, 15) is 19.2 Å². The summed E-state index contributed by atoms with van der Waals surface area (Å²) in [4.78, 5) is 55.0. The van der Waals surface area contributed by atoms with Crippen LogP contribution in [0.2, 0.25) is 0 Å². The highest BCUT2D eigenvalue weighted by atomic mass is 16.6. The van der Waals surface area contributed by atoms with Crippen molar-refractivity contribution in [2.45, 2.75) is 6.92 Å². The molecular formula is C31H24O8. The molecule has 1 atom stereocenters. The Hall–Kier alpha value is -5.24. The van der Waals surface area contributed by atoms with Crippen LogP contribution in [0.25, 0.3) is 0 Å². The maximum absolute atomic E-state index is 13.9. The summed E-state index contributed by atoms with van der Waals surface area (Å²) in [6.07, 6.45) is 0. The van der Waals surface area contributed by atoms with E-state index in [1.165, 1.54) is 55.5 Å². The van der Waals surface area contributed by atoms with Crippen molar-refractivity contribution in [1.82, 2.24) is 0 Å². The van der Waals surface area contributed by atoms with Gasteiger partial charge in [0, 0.05) is 0 Å². The number of para-hydroxylation sites is 4. The molecule has 4 aromatic carbocycles. The van der Waals surface area contributed by atoms with Crippen LogP contribution in [0.5, 0.6) is 23.0 Å². The Balaban J connectivity index is 1.81. The highest BCUT2D eigenvalue weighted by molar-refractivity contribution is 6.21. The van der Waals surface area contributed by atoms with E-state index >= 15 is 0 Å². The number of ether oxygens (including phenoxy) is 4. The Morgan fingerprint density at radius 1 is 0.462 bits per heavy atom. The van der Waals surface area contributed by atoms with E-state index in [1.807, 2.05) is 0 Å². The number of benzene rings is 4. The molecule has 0 aliphatic heterocycles. The topological polar surface area (TPSA) is 105 Å². The van der Waals surface area contributed by atoms with Gasteiger partial charge in [-0.25, -0.2) is 14.4 Å². The molecule has 0 aromatic heterocycles. The maximum atomic E-state index is 13.9. The molecule has 0 spiro atoms. The molecule has 0 heterocycles. The quantitative estimate of drug-likeness (QED) is 0.171. The lowest BCUT2D eigenvalue weighted by molar-refractivity contribution is -0.180. The van der Waals surface area contributed by atoms with Crippen molar-refractivity contribution in [2.75, 3.05) is 0 Å². The van der Waals surface area contributed by atoms with Gasteiger partial charge in [-0.05, 0) is 55.5 Å². The van der Waals surface area contributed by atoms with E-state index in [-0.39, 0.29) is 23.0 Å². The van der Waals surface area contributed by atoms with E-state index in [4.69, 9.17) is 18.9 Å². The van der Waals surface area contributed by atoms with Crippen molar-refractivity contribution in [1.29, 1.82) is 0 Å². The number of carbonyl (C=O) groups excluding carboxylic acids is 4. The summed E-state index contributed by atoms with van der Waals surface area (Å²) < 4.78 is 21.8. The van der Waals surface area contributed by atoms with Gasteiger partial charge in [0.25, 0.3) is 5.41 Å². The number of esters is 4. The highest BCUT2D eigenvalue weighted by Crippen LogP contribution is 2.36. The van der Waals surface area contributed by atoms with Gasteiger partial charge in [0.05, 0.1) is 5.92 Å². The van der Waals surface area contributed by atoms with Crippen molar-refractivity contribution >= 4 is 23.9 Å². The predicted molar refractivity (Wildman–Crippen MR) is 140 cm³/mol. The average Bonchev–Trinajstić information content (AvgIpc) is 2.95. The molecule has 0 bridgehead atoms. The van der Waals surface area contributed by atoms with E-state index in [1.54, 1.807) is 72.8 Å². The molecule has 4 aromatic rings. The molecule has 0 amide bonds.